The minimum atomic E-state index is -0.833. The Balaban J connectivity index is 0.000000983. The second-order valence-corrected chi connectivity index (χ2v) is 8.19. The number of carboxylic acid groups (broad SMARTS) is 1. The van der Waals surface area contributed by atoms with Crippen LogP contribution in [-0.2, 0) is 17.6 Å². The summed E-state index contributed by atoms with van der Waals surface area (Å²) in [6, 6.07) is 13.8. The van der Waals surface area contributed by atoms with Crippen LogP contribution in [-0.4, -0.2) is 48.8 Å². The summed E-state index contributed by atoms with van der Waals surface area (Å²) in [5.41, 5.74) is 7.22. The largest absolute Gasteiger partial charge is 0.494 e. The van der Waals surface area contributed by atoms with Gasteiger partial charge in [-0.05, 0) is 29.7 Å². The molecule has 1 atom stereocenters. The summed E-state index contributed by atoms with van der Waals surface area (Å²) < 4.78 is 21.0. The zero-order valence-corrected chi connectivity index (χ0v) is 21.1. The number of aromatic nitrogens is 5. The molecule has 1 unspecified atom stereocenters. The van der Waals surface area contributed by atoms with Gasteiger partial charge in [0.05, 0.1) is 19.6 Å². The van der Waals surface area contributed by atoms with Gasteiger partial charge in [0.25, 0.3) is 11.9 Å². The lowest BCUT2D eigenvalue weighted by Gasteiger charge is -2.18. The van der Waals surface area contributed by atoms with E-state index in [1.807, 2.05) is 18.2 Å². The summed E-state index contributed by atoms with van der Waals surface area (Å²) in [6.07, 6.45) is 3.20. The van der Waals surface area contributed by atoms with E-state index in [-0.39, 0.29) is 29.5 Å². The van der Waals surface area contributed by atoms with Crippen LogP contribution in [0.25, 0.3) is 5.95 Å². The summed E-state index contributed by atoms with van der Waals surface area (Å²) in [6.45, 7) is 1.08. The van der Waals surface area contributed by atoms with Crippen molar-refractivity contribution in [2.45, 2.75) is 25.7 Å². The summed E-state index contributed by atoms with van der Waals surface area (Å²) in [5, 5.41) is 28.6. The maximum atomic E-state index is 14.7. The van der Waals surface area contributed by atoms with Crippen LogP contribution in [0.15, 0.2) is 59.7 Å². The lowest BCUT2D eigenvalue weighted by Crippen LogP contribution is -2.18. The molecule has 4 rings (SSSR count). The zero-order valence-electron chi connectivity index (χ0n) is 21.1. The Labute approximate surface area is 222 Å². The van der Waals surface area contributed by atoms with Gasteiger partial charge in [0.1, 0.15) is 11.7 Å². The molecule has 0 bridgehead atoms. The summed E-state index contributed by atoms with van der Waals surface area (Å²) in [4.78, 5) is 32.6. The molecule has 0 radical (unpaired) electrons. The van der Waals surface area contributed by atoms with Crippen LogP contribution in [0.1, 0.15) is 40.9 Å². The molecule has 0 saturated heterocycles. The van der Waals surface area contributed by atoms with Gasteiger partial charge in [-0.2, -0.15) is 5.26 Å². The third-order valence-electron chi connectivity index (χ3n) is 5.44. The molecule has 2 aromatic heterocycles. The topological polar surface area (TPSA) is 197 Å². The molecule has 0 saturated carbocycles. The number of rotatable bonds is 8. The third kappa shape index (κ3) is 7.10. The number of aliphatic carboxylic acids is 1. The highest BCUT2D eigenvalue weighted by atomic mass is 19.1. The normalized spacial score (nSPS) is 11.0. The number of halogens is 1. The lowest BCUT2D eigenvalue weighted by atomic mass is 9.89. The smallest absolute Gasteiger partial charge is 0.350 e. The molecule has 0 aliphatic heterocycles. The molecule has 2 aromatic carbocycles. The summed E-state index contributed by atoms with van der Waals surface area (Å²) in [7, 11) is 1.34. The number of nitrogen functional groups attached to an aromatic ring is 1. The van der Waals surface area contributed by atoms with Crippen LogP contribution in [0, 0.1) is 22.6 Å². The van der Waals surface area contributed by atoms with Crippen LogP contribution in [0.4, 0.5) is 4.39 Å². The first-order chi connectivity index (χ1) is 18.6. The molecular weight excluding hydrogens is 507 g/mol. The van der Waals surface area contributed by atoms with E-state index in [1.54, 1.807) is 24.3 Å². The van der Waals surface area contributed by atoms with Gasteiger partial charge in [0, 0.05) is 36.4 Å². The Morgan fingerprint density at radius 3 is 2.49 bits per heavy atom. The Hall–Kier alpha value is -5.38. The van der Waals surface area contributed by atoms with Crippen LogP contribution in [0.3, 0.4) is 0 Å². The van der Waals surface area contributed by atoms with Crippen LogP contribution in [0.5, 0.6) is 5.75 Å². The van der Waals surface area contributed by atoms with Crippen molar-refractivity contribution in [1.29, 1.82) is 10.7 Å². The highest BCUT2D eigenvalue weighted by molar-refractivity contribution is 5.94. The molecule has 0 amide bonds. The fourth-order valence-corrected chi connectivity index (χ4v) is 3.70. The predicted molar refractivity (Wildman–Crippen MR) is 138 cm³/mol. The molecular formula is C26H25FN8O4. The van der Waals surface area contributed by atoms with Gasteiger partial charge < -0.3 is 15.6 Å². The number of aromatic amines is 1. The number of nitrogens with one attached hydrogen (secondary N) is 2. The van der Waals surface area contributed by atoms with Gasteiger partial charge in [0.15, 0.2) is 11.6 Å². The predicted octanol–water partition coefficient (Wildman–Crippen LogP) is 2.31. The standard InChI is InChI=1S/C24H21FN8O2.C2H4O2/c1-35-19-13-17(12-16(7-8-26)20(19)25)18(11-14-3-5-15(6-4-14)21(27)28)22-31-24(34)33(32-22)23-29-9-2-10-30-23;1-2(3)4/h2-6,9-10,12-13,18H,7,11H2,1H3,(H3,27,28)(H,31,32,34);1H3,(H,3,4). The molecule has 12 nitrogen and oxygen atoms in total. The van der Waals surface area contributed by atoms with Gasteiger partial charge in [-0.1, -0.05) is 30.3 Å². The van der Waals surface area contributed by atoms with Crippen molar-refractivity contribution in [1.82, 2.24) is 24.7 Å². The van der Waals surface area contributed by atoms with Crippen molar-refractivity contribution in [3.05, 3.63) is 99.2 Å². The van der Waals surface area contributed by atoms with Crippen LogP contribution in [0.2, 0.25) is 0 Å². The first-order valence-corrected chi connectivity index (χ1v) is 11.5. The number of nitrogens with zero attached hydrogens (tertiary/aromatic N) is 5. The summed E-state index contributed by atoms with van der Waals surface area (Å²) >= 11 is 0. The molecule has 0 aliphatic rings. The monoisotopic (exact) mass is 532 g/mol. The maximum Gasteiger partial charge on any atom is 0.350 e. The highest BCUT2D eigenvalue weighted by Gasteiger charge is 2.24. The maximum absolute atomic E-state index is 14.7. The molecule has 200 valence electrons. The van der Waals surface area contributed by atoms with Crippen molar-refractivity contribution < 1.29 is 19.0 Å². The first-order valence-electron chi connectivity index (χ1n) is 11.5. The van der Waals surface area contributed by atoms with Gasteiger partial charge in [-0.25, -0.2) is 19.2 Å². The Bertz CT molecular complexity index is 1560. The second-order valence-electron chi connectivity index (χ2n) is 8.19. The van der Waals surface area contributed by atoms with Crippen molar-refractivity contribution in [2.24, 2.45) is 5.73 Å². The number of nitrogens with two attached hydrogens (primary N) is 1. The van der Waals surface area contributed by atoms with E-state index in [1.165, 1.54) is 25.6 Å². The number of ether oxygens (including phenoxy) is 1. The van der Waals surface area contributed by atoms with Crippen LogP contribution >= 0.6 is 0 Å². The number of carboxylic acids is 1. The number of benzene rings is 2. The summed E-state index contributed by atoms with van der Waals surface area (Å²) in [5.74, 6) is -1.65. The minimum Gasteiger partial charge on any atom is -0.494 e. The van der Waals surface area contributed by atoms with Crippen molar-refractivity contribution in [3.8, 4) is 17.8 Å². The van der Waals surface area contributed by atoms with E-state index in [0.717, 1.165) is 17.2 Å². The Morgan fingerprint density at radius 2 is 1.92 bits per heavy atom. The minimum absolute atomic E-state index is 0.0159. The van der Waals surface area contributed by atoms with Gasteiger partial charge in [-0.3, -0.25) is 15.2 Å². The van der Waals surface area contributed by atoms with E-state index in [9.17, 15) is 9.18 Å². The quantitative estimate of drug-likeness (QED) is 0.194. The van der Waals surface area contributed by atoms with Crippen molar-refractivity contribution in [2.75, 3.05) is 7.11 Å². The fourth-order valence-electron chi connectivity index (χ4n) is 3.70. The number of carbonyl (C=O) groups is 1. The highest BCUT2D eigenvalue weighted by Crippen LogP contribution is 2.32. The molecule has 2 heterocycles. The number of hydrogen-bond donors (Lipinski definition) is 4. The van der Waals surface area contributed by atoms with Crippen molar-refractivity contribution >= 4 is 11.8 Å². The molecule has 5 N–H and O–H groups in total. The Morgan fingerprint density at radius 1 is 1.28 bits per heavy atom. The molecule has 13 heteroatoms. The second kappa shape index (κ2) is 12.7. The first kappa shape index (κ1) is 28.2. The number of H-pyrrole nitrogens is 1. The lowest BCUT2D eigenvalue weighted by molar-refractivity contribution is -0.134. The fraction of sp³-hybridized carbons (Fsp3) is 0.192. The van der Waals surface area contributed by atoms with E-state index >= 15 is 0 Å². The third-order valence-corrected chi connectivity index (χ3v) is 5.44. The van der Waals surface area contributed by atoms with Gasteiger partial charge >= 0.3 is 5.69 Å². The van der Waals surface area contributed by atoms with E-state index < -0.39 is 23.4 Å². The Kier molecular flexibility index (Phi) is 9.20. The zero-order chi connectivity index (χ0) is 28.5. The molecule has 0 fully saturated rings. The SMILES string of the molecule is CC(=O)O.COc1cc(C(Cc2ccc(C(=N)N)cc2)c2nn(-c3ncccn3)c(=O)[nH]2)cc(CC#N)c1F. The van der Waals surface area contributed by atoms with Crippen molar-refractivity contribution in [3.63, 3.8) is 0 Å². The van der Waals surface area contributed by atoms with E-state index in [0.29, 0.717) is 23.4 Å². The van der Waals surface area contributed by atoms with E-state index in [4.69, 9.17) is 31.0 Å². The molecule has 4 aromatic rings. The number of nitriles is 1. The number of hydrogen-bond acceptors (Lipinski definition) is 8. The van der Waals surface area contributed by atoms with Gasteiger partial charge in [0.2, 0.25) is 0 Å². The average molecular weight is 533 g/mol. The van der Waals surface area contributed by atoms with E-state index in [2.05, 4.69) is 20.1 Å². The average Bonchev–Trinajstić information content (AvgIpc) is 3.30. The number of methoxy groups -OCH3 is 1. The number of amidine groups is 1. The molecule has 39 heavy (non-hydrogen) atoms. The molecule has 0 aliphatic carbocycles. The molecule has 0 spiro atoms. The van der Waals surface area contributed by atoms with Gasteiger partial charge in [-0.15, -0.1) is 9.78 Å². The van der Waals surface area contributed by atoms with Crippen LogP contribution < -0.4 is 16.2 Å².